The molecule has 0 atom stereocenters. The minimum absolute atomic E-state index is 0. The number of pyridine rings is 6. The number of rotatable bonds is 9. The van der Waals surface area contributed by atoms with Gasteiger partial charge in [-0.15, -0.1) is 88.0 Å². The first kappa shape index (κ1) is 99.2. The van der Waals surface area contributed by atoms with Crippen LogP contribution in [-0.4, -0.2) is 58.9 Å². The summed E-state index contributed by atoms with van der Waals surface area (Å²) in [5.74, 6) is 0.771. The van der Waals surface area contributed by atoms with Gasteiger partial charge in [-0.05, 0) is 222 Å². The first-order valence-corrected chi connectivity index (χ1v) is 45.4. The summed E-state index contributed by atoms with van der Waals surface area (Å²) >= 11 is 0. The number of para-hydroxylation sites is 4. The summed E-state index contributed by atoms with van der Waals surface area (Å²) in [6, 6.07) is 90.8. The molecule has 9 aromatic carbocycles. The molecule has 18 aromatic rings. The van der Waals surface area contributed by atoms with Crippen LogP contribution >= 0.6 is 0 Å². The van der Waals surface area contributed by atoms with Crippen molar-refractivity contribution in [2.24, 2.45) is 0 Å². The third-order valence-corrected chi connectivity index (χ3v) is 25.1. The van der Waals surface area contributed by atoms with Gasteiger partial charge in [-0.25, -0.2) is 15.0 Å². The number of phenols is 3. The second kappa shape index (κ2) is 37.2. The largest absolute Gasteiger partial charge is 0.507 e. The van der Waals surface area contributed by atoms with Gasteiger partial charge in [0.05, 0.1) is 33.6 Å². The molecule has 133 heavy (non-hydrogen) atoms. The average Bonchev–Trinajstić information content (AvgIpc) is 1.59. The molecule has 18 rings (SSSR count). The van der Waals surface area contributed by atoms with Crippen molar-refractivity contribution < 1.29 is 78.5 Å². The van der Waals surface area contributed by atoms with Crippen molar-refractivity contribution in [2.45, 2.75) is 223 Å². The van der Waals surface area contributed by atoms with Gasteiger partial charge in [-0.3, -0.25) is 0 Å². The van der Waals surface area contributed by atoms with Crippen molar-refractivity contribution in [3.05, 3.63) is 323 Å². The normalized spacial score (nSPS) is 12.3. The summed E-state index contributed by atoms with van der Waals surface area (Å²) in [6.45, 7) is 57.2. The van der Waals surface area contributed by atoms with Crippen LogP contribution in [0.4, 0.5) is 0 Å². The molecular weight excluding hydrogens is 2180 g/mol. The minimum Gasteiger partial charge on any atom is -0.507 e. The van der Waals surface area contributed by atoms with Crippen molar-refractivity contribution in [3.8, 4) is 102 Å². The molecule has 0 aliphatic heterocycles. The standard InChI is InChI=1S/C44H50N3O.C38H38N3O.C36H34N3O.3Pt/c1-41(2,3)28-19-20-45-37(26-28)27-21-29(42(4,5)6)23-31(22-27)47-38-16-14-13-15-32(38)33-17-18-36(46-40(33)47)34-24-30(43(7,8)9)25-35(39(34)48)44(10,11)12;1-23-17-24(2)35(42)31(18-23)32-14-13-30-29-11-9-10-12-34(29)41(36(30)40-32)28-20-25(19-27(21-28)38(6,7)8)33-22-26(15-16-39-33)37(3,4)5;1-35(2,3)24-17-18-37-31(22-24)23-19-25(36(4,5)6)21-26(20-23)39-32-13-9-7-11-27(32)28-15-16-30(38-34(28)39)29-12-8-10-14-33(29)40;;;/h13-21,23-26,48H,1-12H3;9-19,21-22,42H,1-8H3;7-19,21-22,40H,1-6H3;;;/q3*-1;;;. The van der Waals surface area contributed by atoms with Gasteiger partial charge in [0.1, 0.15) is 34.2 Å². The summed E-state index contributed by atoms with van der Waals surface area (Å²) < 4.78 is 6.64. The molecule has 0 bridgehead atoms. The molecule has 0 amide bonds. The van der Waals surface area contributed by atoms with Crippen LogP contribution in [0.5, 0.6) is 17.2 Å². The minimum atomic E-state index is -0.240. The van der Waals surface area contributed by atoms with Crippen LogP contribution in [0.2, 0.25) is 0 Å². The molecule has 12 nitrogen and oxygen atoms in total. The maximum absolute atomic E-state index is 11.8. The zero-order valence-corrected chi connectivity index (χ0v) is 88.3. The third kappa shape index (κ3) is 20.3. The van der Waals surface area contributed by atoms with E-state index in [-0.39, 0.29) is 118 Å². The number of hydrogen-bond donors (Lipinski definition) is 3. The van der Waals surface area contributed by atoms with Crippen LogP contribution in [0.25, 0.3) is 150 Å². The number of phenolic OH excluding ortho intramolecular Hbond substituents is 3. The van der Waals surface area contributed by atoms with Gasteiger partial charge in [-0.1, -0.05) is 263 Å². The summed E-state index contributed by atoms with van der Waals surface area (Å²) in [5, 5.41) is 39.9. The summed E-state index contributed by atoms with van der Waals surface area (Å²) in [4.78, 5) is 30.1. The smallest absolute Gasteiger partial charge is 0.144 e. The van der Waals surface area contributed by atoms with E-state index in [0.717, 1.165) is 162 Å². The molecule has 0 unspecified atom stereocenters. The topological polar surface area (TPSA) is 153 Å². The van der Waals surface area contributed by atoms with Crippen LogP contribution in [0.3, 0.4) is 0 Å². The Balaban J connectivity index is 0.000000168. The van der Waals surface area contributed by atoms with Crippen molar-refractivity contribution in [3.63, 3.8) is 0 Å². The second-order valence-electron chi connectivity index (χ2n) is 43.5. The number of aromatic nitrogens is 9. The van der Waals surface area contributed by atoms with E-state index in [1.165, 1.54) is 38.9 Å². The first-order chi connectivity index (χ1) is 61.0. The predicted octanol–water partition coefficient (Wildman–Crippen LogP) is 30.2. The molecule has 3 N–H and O–H groups in total. The SMILES string of the molecule is CC(C)(C)c1cc(-c2cc(C(C)(C)C)ccn2)[c-]c(-n2c3ccccc3c3ccc(-c4cc(C(C)(C)C)cc(C(C)(C)C)c4O)nc32)c1.CC(C)(C)c1cc(-c2cc(C(C)(C)C)ccn2)[c-]c(-n2c3ccccc3c3ccc(-c4ccccc4O)nc32)c1.Cc1cc(C)c(O)c(-c2ccc3c4ccccc4n(-c4[c-]c(-c5cc(C(C)(C)C)ccn5)cc(C(C)(C)C)c4)c3n2)c1.[Pt].[Pt].[Pt]. The molecule has 0 radical (unpaired) electrons. The third-order valence-electron chi connectivity index (χ3n) is 25.1. The second-order valence-corrected chi connectivity index (χ2v) is 43.5. The number of aryl methyl sites for hydroxylation is 2. The number of hydrogen-bond acceptors (Lipinski definition) is 9. The van der Waals surface area contributed by atoms with Crippen molar-refractivity contribution >= 4 is 65.8 Å². The number of fused-ring (bicyclic) bond motifs is 9. The number of nitrogens with zero attached hydrogens (tertiary/aromatic N) is 9. The molecule has 690 valence electrons. The van der Waals surface area contributed by atoms with Gasteiger partial charge >= 0.3 is 0 Å². The molecule has 0 aliphatic rings. The van der Waals surface area contributed by atoms with Crippen molar-refractivity contribution in [1.82, 2.24) is 43.6 Å². The average molecular weight is 2300 g/mol. The Morgan fingerprint density at radius 3 is 0.880 bits per heavy atom. The van der Waals surface area contributed by atoms with Crippen LogP contribution in [0, 0.1) is 32.0 Å². The Labute approximate surface area is 829 Å². The van der Waals surface area contributed by atoms with Gasteiger partial charge in [0.25, 0.3) is 0 Å². The Bertz CT molecular complexity index is 7460. The van der Waals surface area contributed by atoms with Gasteiger partial charge in [0.2, 0.25) is 0 Å². The Kier molecular flexibility index (Phi) is 27.8. The molecule has 0 spiro atoms. The first-order valence-electron chi connectivity index (χ1n) is 45.4. The quantitative estimate of drug-likeness (QED) is 0.120. The Morgan fingerprint density at radius 1 is 0.256 bits per heavy atom. The van der Waals surface area contributed by atoms with E-state index < -0.39 is 0 Å². The van der Waals surface area contributed by atoms with Crippen LogP contribution in [-0.2, 0) is 107 Å². The van der Waals surface area contributed by atoms with Crippen LogP contribution in [0.15, 0.2) is 249 Å². The Morgan fingerprint density at radius 2 is 0.556 bits per heavy atom. The Hall–Kier alpha value is -11.3. The molecule has 9 heterocycles. The molecule has 0 saturated carbocycles. The van der Waals surface area contributed by atoms with E-state index >= 15 is 0 Å². The monoisotopic (exact) mass is 2300 g/mol. The fourth-order valence-electron chi connectivity index (χ4n) is 17.3. The zero-order valence-electron chi connectivity index (χ0n) is 81.5. The maximum Gasteiger partial charge on any atom is 0.144 e. The van der Waals surface area contributed by atoms with Gasteiger partial charge in [0.15, 0.2) is 0 Å². The van der Waals surface area contributed by atoms with Crippen molar-refractivity contribution in [2.75, 3.05) is 0 Å². The van der Waals surface area contributed by atoms with Gasteiger partial charge < -0.3 is 44.0 Å². The summed E-state index contributed by atoms with van der Waals surface area (Å²) in [6.07, 6.45) is 5.71. The van der Waals surface area contributed by atoms with E-state index in [2.05, 4.69) is 380 Å². The summed E-state index contributed by atoms with van der Waals surface area (Å²) in [5.41, 5.74) is 29.1. The van der Waals surface area contributed by atoms with E-state index in [1.807, 2.05) is 74.9 Å². The zero-order chi connectivity index (χ0) is 93.2. The molecule has 0 saturated heterocycles. The molecule has 9 aromatic heterocycles. The van der Waals surface area contributed by atoms with E-state index in [9.17, 15) is 15.3 Å². The van der Waals surface area contributed by atoms with Crippen LogP contribution < -0.4 is 0 Å². The predicted molar refractivity (Wildman–Crippen MR) is 542 cm³/mol. The van der Waals surface area contributed by atoms with Crippen molar-refractivity contribution in [1.29, 1.82) is 0 Å². The molecule has 0 fully saturated rings. The van der Waals surface area contributed by atoms with Crippen LogP contribution in [0.1, 0.15) is 222 Å². The summed E-state index contributed by atoms with van der Waals surface area (Å²) in [7, 11) is 0. The number of aromatic hydroxyl groups is 3. The maximum atomic E-state index is 11.8. The van der Waals surface area contributed by atoms with E-state index in [4.69, 9.17) is 29.9 Å². The van der Waals surface area contributed by atoms with Gasteiger partial charge in [-0.2, -0.15) is 0 Å². The molecule has 0 aliphatic carbocycles. The fraction of sp³-hybridized carbons (Fsp3) is 0.288. The molecular formula is C118H122N9O3Pt3-3. The van der Waals surface area contributed by atoms with Gasteiger partial charge in [0, 0.05) is 136 Å². The molecule has 15 heteroatoms. The fourth-order valence-corrected chi connectivity index (χ4v) is 17.3. The van der Waals surface area contributed by atoms with E-state index in [0.29, 0.717) is 11.3 Å². The van der Waals surface area contributed by atoms with E-state index in [1.54, 1.807) is 6.07 Å². The number of benzene rings is 9.